The van der Waals surface area contributed by atoms with Gasteiger partial charge in [-0.2, -0.15) is 0 Å². The quantitative estimate of drug-likeness (QED) is 0.198. The fraction of sp³-hybridized carbons (Fsp3) is 0.919. The van der Waals surface area contributed by atoms with Crippen molar-refractivity contribution in [1.82, 2.24) is 0 Å². The van der Waals surface area contributed by atoms with E-state index in [0.717, 1.165) is 38.5 Å². The van der Waals surface area contributed by atoms with Crippen LogP contribution >= 0.6 is 0 Å². The molecule has 0 amide bonds. The summed E-state index contributed by atoms with van der Waals surface area (Å²) in [5.41, 5.74) is -0.191. The molecule has 0 aromatic carbocycles. The van der Waals surface area contributed by atoms with Crippen LogP contribution in [0.4, 0.5) is 0 Å². The summed E-state index contributed by atoms with van der Waals surface area (Å²) in [6.45, 7) is 14.9. The number of aliphatic hydroxyl groups excluding tert-OH is 4. The first kappa shape index (κ1) is 32.7. The van der Waals surface area contributed by atoms with E-state index in [-0.39, 0.29) is 75.9 Å². The van der Waals surface area contributed by atoms with Crippen LogP contribution < -0.4 is 0 Å². The minimum absolute atomic E-state index is 0.0364. The number of epoxide rings is 1. The zero-order valence-electron chi connectivity index (χ0n) is 29.3. The van der Waals surface area contributed by atoms with Crippen LogP contribution in [0.1, 0.15) is 93.4 Å². The molecule has 0 aromatic heterocycles. The summed E-state index contributed by atoms with van der Waals surface area (Å²) in [4.78, 5) is 12.9. The highest BCUT2D eigenvalue weighted by Gasteiger charge is 2.85. The lowest BCUT2D eigenvalue weighted by atomic mass is 9.44. The van der Waals surface area contributed by atoms with Crippen LogP contribution in [-0.4, -0.2) is 99.7 Å². The molecule has 4 saturated carbocycles. The van der Waals surface area contributed by atoms with E-state index in [1.54, 1.807) is 0 Å². The van der Waals surface area contributed by atoms with Crippen LogP contribution in [0.15, 0.2) is 11.6 Å². The fourth-order valence-electron chi connectivity index (χ4n) is 13.8. The van der Waals surface area contributed by atoms with Crippen molar-refractivity contribution >= 4 is 5.97 Å². The Hall–Kier alpha value is -1.15. The third-order valence-electron chi connectivity index (χ3n) is 16.1. The Bertz CT molecular complexity index is 1450. The molecule has 4 aliphatic heterocycles. The Labute approximate surface area is 282 Å². The highest BCUT2D eigenvalue weighted by atomic mass is 16.8. The topological polar surface area (TPSA) is 157 Å². The minimum atomic E-state index is -1.32. The highest BCUT2D eigenvalue weighted by Crippen LogP contribution is 2.88. The molecule has 5 aliphatic carbocycles. The lowest BCUT2D eigenvalue weighted by molar-refractivity contribution is -0.345. The van der Waals surface area contributed by atoms with E-state index in [9.17, 15) is 25.2 Å². The maximum Gasteiger partial charge on any atom is 0.302 e. The molecule has 3 spiro atoms. The number of rotatable bonds is 3. The minimum Gasteiger partial charge on any atom is -0.462 e. The van der Waals surface area contributed by atoms with Gasteiger partial charge in [-0.05, 0) is 74.0 Å². The van der Waals surface area contributed by atoms with Gasteiger partial charge < -0.3 is 48.8 Å². The number of fused-ring (bicyclic) bond motifs is 6. The van der Waals surface area contributed by atoms with Gasteiger partial charge in [-0.15, -0.1) is 0 Å². The number of hydrogen-bond donors (Lipinski definition) is 4. The average Bonchev–Trinajstić information content (AvgIpc) is 3.84. The molecule has 4 N–H and O–H groups in total. The van der Waals surface area contributed by atoms with Gasteiger partial charge in [0, 0.05) is 29.6 Å². The van der Waals surface area contributed by atoms with Crippen LogP contribution in [0.25, 0.3) is 0 Å². The fourth-order valence-corrected chi connectivity index (χ4v) is 13.8. The van der Waals surface area contributed by atoms with Crippen molar-refractivity contribution in [3.63, 3.8) is 0 Å². The van der Waals surface area contributed by atoms with E-state index in [1.165, 1.54) is 12.5 Å². The molecule has 0 aromatic rings. The molecule has 18 atom stereocenters. The molecule has 9 aliphatic rings. The Balaban J connectivity index is 1.06. The molecule has 11 nitrogen and oxygen atoms in total. The van der Waals surface area contributed by atoms with Crippen LogP contribution in [0.5, 0.6) is 0 Å². The second-order valence-electron chi connectivity index (χ2n) is 18.5. The molecule has 4 heterocycles. The average molecular weight is 675 g/mol. The summed E-state index contributed by atoms with van der Waals surface area (Å²) in [5, 5.41) is 41.7. The predicted molar refractivity (Wildman–Crippen MR) is 168 cm³/mol. The molecule has 268 valence electrons. The summed E-state index contributed by atoms with van der Waals surface area (Å²) >= 11 is 0. The van der Waals surface area contributed by atoms with Gasteiger partial charge in [-0.25, -0.2) is 0 Å². The van der Waals surface area contributed by atoms with Crippen molar-refractivity contribution in [3.8, 4) is 0 Å². The van der Waals surface area contributed by atoms with E-state index in [4.69, 9.17) is 28.4 Å². The maximum atomic E-state index is 12.9. The van der Waals surface area contributed by atoms with Gasteiger partial charge in [0.25, 0.3) is 0 Å². The van der Waals surface area contributed by atoms with Gasteiger partial charge in [-0.3, -0.25) is 4.79 Å². The van der Waals surface area contributed by atoms with E-state index >= 15 is 0 Å². The maximum absolute atomic E-state index is 12.9. The number of allylic oxidation sites excluding steroid dienone is 2. The summed E-state index contributed by atoms with van der Waals surface area (Å²) in [6.07, 6.45) is 1.68. The second-order valence-corrected chi connectivity index (χ2v) is 18.5. The number of carbonyl (C=O) groups excluding carboxylic acids is 1. The summed E-state index contributed by atoms with van der Waals surface area (Å²) in [7, 11) is 0. The predicted octanol–water partition coefficient (Wildman–Crippen LogP) is 2.95. The largest absolute Gasteiger partial charge is 0.462 e. The van der Waals surface area contributed by atoms with Crippen molar-refractivity contribution in [3.05, 3.63) is 11.6 Å². The highest BCUT2D eigenvalue weighted by molar-refractivity contribution is 5.66. The molecule has 0 bridgehead atoms. The van der Waals surface area contributed by atoms with Crippen LogP contribution in [0.2, 0.25) is 0 Å². The lowest BCUT2D eigenvalue weighted by Crippen LogP contribution is -2.61. The van der Waals surface area contributed by atoms with Gasteiger partial charge in [0.05, 0.1) is 18.8 Å². The third-order valence-corrected chi connectivity index (χ3v) is 16.1. The van der Waals surface area contributed by atoms with Crippen molar-refractivity contribution in [1.29, 1.82) is 0 Å². The zero-order chi connectivity index (χ0) is 34.2. The standard InChI is InChI=1S/C37H54O11/c1-17-12-37(29-34(7,47-29)30(42)48-37)46-20-13-32(5)22-9-8-21-31(3,4)23(45-28-27(41)26(40)19(39)15-43-28)10-11-35(21)16-36(22,35)14-24(44-18(2)38)33(32,6)25(17)20/h9,17,19-21,23-30,39-42H,8,10-16H2,1-7H3/t17-,19-,20+,21+,23+,24-,25+,26+,27-,28+,29-,30+,32+,33-,34?,35-,36+,37-/m1/s1. The van der Waals surface area contributed by atoms with Gasteiger partial charge >= 0.3 is 5.97 Å². The van der Waals surface area contributed by atoms with Crippen molar-refractivity contribution in [2.45, 2.75) is 160 Å². The first-order valence-electron chi connectivity index (χ1n) is 18.3. The van der Waals surface area contributed by atoms with Gasteiger partial charge in [-0.1, -0.05) is 46.3 Å². The van der Waals surface area contributed by atoms with Crippen molar-refractivity contribution < 1.29 is 53.6 Å². The molecule has 48 heavy (non-hydrogen) atoms. The Morgan fingerprint density at radius 2 is 1.71 bits per heavy atom. The monoisotopic (exact) mass is 674 g/mol. The summed E-state index contributed by atoms with van der Waals surface area (Å²) < 4.78 is 37.8. The van der Waals surface area contributed by atoms with Gasteiger partial charge in [0.15, 0.2) is 12.6 Å². The third kappa shape index (κ3) is 3.69. The molecular weight excluding hydrogens is 620 g/mol. The first-order valence-corrected chi connectivity index (χ1v) is 18.3. The van der Waals surface area contributed by atoms with Crippen LogP contribution in [-0.2, 0) is 33.2 Å². The van der Waals surface area contributed by atoms with Gasteiger partial charge in [0.2, 0.25) is 5.79 Å². The smallest absolute Gasteiger partial charge is 0.302 e. The molecule has 9 rings (SSSR count). The van der Waals surface area contributed by atoms with Crippen LogP contribution in [0.3, 0.4) is 0 Å². The Morgan fingerprint density at radius 1 is 0.958 bits per heavy atom. The molecule has 0 radical (unpaired) electrons. The first-order chi connectivity index (χ1) is 22.4. The number of hydrogen-bond acceptors (Lipinski definition) is 11. The zero-order valence-corrected chi connectivity index (χ0v) is 29.3. The van der Waals surface area contributed by atoms with Crippen molar-refractivity contribution in [2.75, 3.05) is 6.61 Å². The Kier molecular flexibility index (Phi) is 6.57. The van der Waals surface area contributed by atoms with Crippen LogP contribution in [0, 0.1) is 44.8 Å². The molecule has 1 unspecified atom stereocenters. The number of carbonyl (C=O) groups is 1. The molecular formula is C37H54O11. The number of ether oxygens (including phenoxy) is 6. The molecule has 4 saturated heterocycles. The Morgan fingerprint density at radius 3 is 2.38 bits per heavy atom. The molecule has 8 fully saturated rings. The van der Waals surface area contributed by atoms with Crippen molar-refractivity contribution in [2.24, 2.45) is 44.8 Å². The summed E-state index contributed by atoms with van der Waals surface area (Å²) in [6, 6.07) is 0. The summed E-state index contributed by atoms with van der Waals surface area (Å²) in [5.74, 6) is -0.600. The van der Waals surface area contributed by atoms with E-state index in [2.05, 4.69) is 40.7 Å². The number of aliphatic hydroxyl groups is 4. The molecule has 11 heteroatoms. The van der Waals surface area contributed by atoms with E-state index in [0.29, 0.717) is 12.3 Å². The lowest BCUT2D eigenvalue weighted by Gasteiger charge is -2.62. The van der Waals surface area contributed by atoms with Gasteiger partial charge in [0.1, 0.15) is 36.1 Å². The van der Waals surface area contributed by atoms with E-state index in [1.807, 2.05) is 6.92 Å². The number of esters is 1. The second kappa shape index (κ2) is 9.63. The SMILES string of the molecule is CC(=O)O[C@@H]1C[C@@]23C[C@@]24CC[C@H](O[C@@H]2OC[C@@H](O)[C@H](O)[C@H]2O)C(C)(C)[C@@H]4CC=C3[C@]2(C)C[C@@H]3O[C@]4(C[C@@H](C)[C@@H]3[C@@]12C)O[C@H](O)C1(C)O[C@H]14. The van der Waals surface area contributed by atoms with E-state index < -0.39 is 42.3 Å². The normalized spacial score (nSPS) is 61.6.